The van der Waals surface area contributed by atoms with Crippen LogP contribution in [0.3, 0.4) is 0 Å². The summed E-state index contributed by atoms with van der Waals surface area (Å²) in [4.78, 5) is 2.58. The second-order valence-corrected chi connectivity index (χ2v) is 6.52. The molecule has 0 radical (unpaired) electrons. The van der Waals surface area contributed by atoms with E-state index in [0.29, 0.717) is 0 Å². The Bertz CT molecular complexity index is 217. The fourth-order valence-electron chi connectivity index (χ4n) is 2.42. The Balaban J connectivity index is 1.75. The van der Waals surface area contributed by atoms with E-state index in [-0.39, 0.29) is 5.54 Å². The van der Waals surface area contributed by atoms with E-state index >= 15 is 0 Å². The molecule has 0 bridgehead atoms. The SMILES string of the molecule is CC1(C)COCCN1CCC1CSCCN1. The Morgan fingerprint density at radius 2 is 2.38 bits per heavy atom. The zero-order valence-electron chi connectivity index (χ0n) is 10.5. The Hall–Kier alpha value is 0.230. The summed E-state index contributed by atoms with van der Waals surface area (Å²) >= 11 is 2.08. The summed E-state index contributed by atoms with van der Waals surface area (Å²) in [5.41, 5.74) is 0.222. The number of nitrogens with zero attached hydrogens (tertiary/aromatic N) is 1. The van der Waals surface area contributed by atoms with Crippen molar-refractivity contribution in [1.29, 1.82) is 0 Å². The summed E-state index contributed by atoms with van der Waals surface area (Å²) in [5.74, 6) is 2.56. The number of hydrogen-bond acceptors (Lipinski definition) is 4. The number of hydrogen-bond donors (Lipinski definition) is 1. The van der Waals surface area contributed by atoms with E-state index in [1.54, 1.807) is 0 Å². The molecule has 0 amide bonds. The number of morpholine rings is 1. The van der Waals surface area contributed by atoms with Crippen molar-refractivity contribution in [1.82, 2.24) is 10.2 Å². The standard InChI is InChI=1S/C12H24N2OS/c1-12(2)10-15-7-6-14(12)5-3-11-9-16-8-4-13-11/h11,13H,3-10H2,1-2H3. The van der Waals surface area contributed by atoms with Gasteiger partial charge in [0.1, 0.15) is 0 Å². The lowest BCUT2D eigenvalue weighted by Gasteiger charge is -2.42. The minimum absolute atomic E-state index is 0.222. The van der Waals surface area contributed by atoms with E-state index in [4.69, 9.17) is 4.74 Å². The molecule has 0 aromatic rings. The first-order chi connectivity index (χ1) is 7.68. The number of ether oxygens (including phenoxy) is 1. The van der Waals surface area contributed by atoms with Gasteiger partial charge in [-0.1, -0.05) is 0 Å². The molecule has 2 aliphatic rings. The molecule has 3 nitrogen and oxygen atoms in total. The van der Waals surface area contributed by atoms with Gasteiger partial charge in [0.25, 0.3) is 0 Å². The second kappa shape index (κ2) is 5.71. The minimum atomic E-state index is 0.222. The number of rotatable bonds is 3. The Morgan fingerprint density at radius 1 is 1.50 bits per heavy atom. The quantitative estimate of drug-likeness (QED) is 0.806. The van der Waals surface area contributed by atoms with Gasteiger partial charge < -0.3 is 10.1 Å². The third-order valence-corrected chi connectivity index (χ3v) is 4.69. The first-order valence-electron chi connectivity index (χ1n) is 6.32. The van der Waals surface area contributed by atoms with Gasteiger partial charge in [-0.15, -0.1) is 0 Å². The summed E-state index contributed by atoms with van der Waals surface area (Å²) in [6.07, 6.45) is 1.27. The molecule has 2 rings (SSSR count). The molecule has 0 saturated carbocycles. The summed E-state index contributed by atoms with van der Waals surface area (Å²) in [5, 5.41) is 3.61. The highest BCUT2D eigenvalue weighted by molar-refractivity contribution is 7.99. The van der Waals surface area contributed by atoms with Gasteiger partial charge in [0, 0.05) is 42.7 Å². The van der Waals surface area contributed by atoms with E-state index in [9.17, 15) is 0 Å². The highest BCUT2D eigenvalue weighted by Gasteiger charge is 2.30. The Labute approximate surface area is 103 Å². The van der Waals surface area contributed by atoms with E-state index in [0.717, 1.165) is 25.8 Å². The molecular weight excluding hydrogens is 220 g/mol. The van der Waals surface area contributed by atoms with Crippen molar-refractivity contribution in [2.24, 2.45) is 0 Å². The fraction of sp³-hybridized carbons (Fsp3) is 1.00. The average molecular weight is 244 g/mol. The van der Waals surface area contributed by atoms with Crippen LogP contribution in [0.15, 0.2) is 0 Å². The smallest absolute Gasteiger partial charge is 0.0645 e. The maximum Gasteiger partial charge on any atom is 0.0645 e. The topological polar surface area (TPSA) is 24.5 Å². The normalized spacial score (nSPS) is 31.5. The van der Waals surface area contributed by atoms with E-state index < -0.39 is 0 Å². The van der Waals surface area contributed by atoms with Crippen LogP contribution in [0.1, 0.15) is 20.3 Å². The monoisotopic (exact) mass is 244 g/mol. The Morgan fingerprint density at radius 3 is 3.06 bits per heavy atom. The van der Waals surface area contributed by atoms with Gasteiger partial charge in [-0.3, -0.25) is 4.90 Å². The van der Waals surface area contributed by atoms with Crippen molar-refractivity contribution in [3.8, 4) is 0 Å². The van der Waals surface area contributed by atoms with Crippen LogP contribution in [0.2, 0.25) is 0 Å². The van der Waals surface area contributed by atoms with Crippen LogP contribution in [-0.4, -0.2) is 60.8 Å². The summed E-state index contributed by atoms with van der Waals surface area (Å²) in [6, 6.07) is 0.720. The summed E-state index contributed by atoms with van der Waals surface area (Å²) < 4.78 is 5.55. The summed E-state index contributed by atoms with van der Waals surface area (Å²) in [6.45, 7) is 9.82. The molecule has 1 N–H and O–H groups in total. The largest absolute Gasteiger partial charge is 0.378 e. The van der Waals surface area contributed by atoms with Crippen LogP contribution in [0.25, 0.3) is 0 Å². The van der Waals surface area contributed by atoms with Crippen LogP contribution >= 0.6 is 11.8 Å². The maximum atomic E-state index is 5.55. The highest BCUT2D eigenvalue weighted by Crippen LogP contribution is 2.20. The van der Waals surface area contributed by atoms with Crippen molar-refractivity contribution >= 4 is 11.8 Å². The molecule has 1 atom stereocenters. The highest BCUT2D eigenvalue weighted by atomic mass is 32.2. The predicted molar refractivity (Wildman–Crippen MR) is 70.2 cm³/mol. The molecule has 94 valence electrons. The van der Waals surface area contributed by atoms with Gasteiger partial charge in [0.2, 0.25) is 0 Å². The van der Waals surface area contributed by atoms with Gasteiger partial charge in [-0.25, -0.2) is 0 Å². The first-order valence-corrected chi connectivity index (χ1v) is 7.48. The van der Waals surface area contributed by atoms with Crippen molar-refractivity contribution < 1.29 is 4.74 Å². The molecule has 16 heavy (non-hydrogen) atoms. The zero-order chi connectivity index (χ0) is 11.4. The van der Waals surface area contributed by atoms with Gasteiger partial charge >= 0.3 is 0 Å². The molecule has 2 heterocycles. The van der Waals surface area contributed by atoms with Gasteiger partial charge in [0.15, 0.2) is 0 Å². The van der Waals surface area contributed by atoms with E-state index in [1.165, 1.54) is 31.0 Å². The van der Waals surface area contributed by atoms with Crippen molar-refractivity contribution in [2.45, 2.75) is 31.8 Å². The molecule has 0 aromatic carbocycles. The zero-order valence-corrected chi connectivity index (χ0v) is 11.3. The molecule has 0 spiro atoms. The molecule has 2 fully saturated rings. The lowest BCUT2D eigenvalue weighted by atomic mass is 10.0. The fourth-order valence-corrected chi connectivity index (χ4v) is 3.42. The van der Waals surface area contributed by atoms with Crippen LogP contribution in [0, 0.1) is 0 Å². The van der Waals surface area contributed by atoms with Gasteiger partial charge in [-0.05, 0) is 20.3 Å². The Kier molecular flexibility index (Phi) is 4.53. The lowest BCUT2D eigenvalue weighted by Crippen LogP contribution is -2.54. The van der Waals surface area contributed by atoms with Gasteiger partial charge in [-0.2, -0.15) is 11.8 Å². The van der Waals surface area contributed by atoms with Crippen molar-refractivity contribution in [3.05, 3.63) is 0 Å². The van der Waals surface area contributed by atoms with Crippen LogP contribution in [0.5, 0.6) is 0 Å². The molecule has 0 aliphatic carbocycles. The first kappa shape index (κ1) is 12.7. The van der Waals surface area contributed by atoms with Gasteiger partial charge in [0.05, 0.1) is 13.2 Å². The van der Waals surface area contributed by atoms with Crippen LogP contribution < -0.4 is 5.32 Å². The molecule has 2 aliphatic heterocycles. The average Bonchev–Trinajstić information content (AvgIpc) is 2.28. The number of nitrogens with one attached hydrogen (secondary N) is 1. The molecular formula is C12H24N2OS. The van der Waals surface area contributed by atoms with Crippen LogP contribution in [0.4, 0.5) is 0 Å². The lowest BCUT2D eigenvalue weighted by molar-refractivity contribution is -0.0518. The molecule has 4 heteroatoms. The predicted octanol–water partition coefficient (Wildman–Crippen LogP) is 1.19. The van der Waals surface area contributed by atoms with Crippen molar-refractivity contribution in [2.75, 3.05) is 44.4 Å². The molecule has 2 saturated heterocycles. The van der Waals surface area contributed by atoms with Crippen molar-refractivity contribution in [3.63, 3.8) is 0 Å². The minimum Gasteiger partial charge on any atom is -0.378 e. The van der Waals surface area contributed by atoms with E-state index in [1.807, 2.05) is 0 Å². The van der Waals surface area contributed by atoms with Crippen LogP contribution in [-0.2, 0) is 4.74 Å². The molecule has 1 unspecified atom stereocenters. The third kappa shape index (κ3) is 3.36. The summed E-state index contributed by atoms with van der Waals surface area (Å²) in [7, 11) is 0. The number of thioether (sulfide) groups is 1. The third-order valence-electron chi connectivity index (χ3n) is 3.56. The molecule has 0 aromatic heterocycles. The van der Waals surface area contributed by atoms with E-state index in [2.05, 4.69) is 35.8 Å². The maximum absolute atomic E-state index is 5.55. The second-order valence-electron chi connectivity index (χ2n) is 5.37.